The summed E-state index contributed by atoms with van der Waals surface area (Å²) in [7, 11) is 0. The van der Waals surface area contributed by atoms with E-state index in [0.29, 0.717) is 5.56 Å². The van der Waals surface area contributed by atoms with Crippen LogP contribution < -0.4 is 0 Å². The van der Waals surface area contributed by atoms with Crippen LogP contribution in [0.1, 0.15) is 10.4 Å². The van der Waals surface area contributed by atoms with E-state index in [2.05, 4.69) is 16.3 Å². The molecule has 0 saturated carbocycles. The Labute approximate surface area is 97.7 Å². The maximum absolute atomic E-state index is 8.80. The molecule has 16 heavy (non-hydrogen) atoms. The molecule has 0 spiro atoms. The number of hydrogen-bond donors (Lipinski definition) is 0. The predicted molar refractivity (Wildman–Crippen MR) is 64.4 cm³/mol. The van der Waals surface area contributed by atoms with Crippen molar-refractivity contribution in [3.05, 3.63) is 46.8 Å². The fourth-order valence-electron chi connectivity index (χ4n) is 1.23. The van der Waals surface area contributed by atoms with Gasteiger partial charge in [-0.25, -0.2) is 0 Å². The quantitative estimate of drug-likeness (QED) is 0.704. The van der Waals surface area contributed by atoms with Gasteiger partial charge in [-0.05, 0) is 25.1 Å². The lowest BCUT2D eigenvalue weighted by atomic mass is 10.3. The van der Waals surface area contributed by atoms with Crippen LogP contribution in [0.25, 0.3) is 0 Å². The van der Waals surface area contributed by atoms with E-state index in [1.807, 2.05) is 37.3 Å². The van der Waals surface area contributed by atoms with Crippen LogP contribution in [0.5, 0.6) is 0 Å². The number of benzene rings is 1. The zero-order valence-electron chi connectivity index (χ0n) is 8.71. The first-order valence-electron chi connectivity index (χ1n) is 4.77. The van der Waals surface area contributed by atoms with Gasteiger partial charge in [-0.1, -0.05) is 18.2 Å². The molecular formula is C12H9N3S. The zero-order chi connectivity index (χ0) is 11.4. The summed E-state index contributed by atoms with van der Waals surface area (Å²) in [6.45, 7) is 1.91. The number of nitriles is 1. The lowest BCUT2D eigenvalue weighted by molar-refractivity contribution is 1.25. The normalized spacial score (nSPS) is 10.5. The molecule has 0 aliphatic carbocycles. The molecule has 1 aromatic heterocycles. The van der Waals surface area contributed by atoms with Crippen molar-refractivity contribution in [2.75, 3.05) is 0 Å². The summed E-state index contributed by atoms with van der Waals surface area (Å²) in [4.78, 5) is 0.976. The Kier molecular flexibility index (Phi) is 3.08. The van der Waals surface area contributed by atoms with E-state index in [9.17, 15) is 0 Å². The number of nitrogens with zero attached hydrogens (tertiary/aromatic N) is 3. The van der Waals surface area contributed by atoms with Crippen LogP contribution in [-0.4, -0.2) is 0 Å². The number of rotatable bonds is 2. The maximum atomic E-state index is 8.80. The van der Waals surface area contributed by atoms with E-state index >= 15 is 0 Å². The van der Waals surface area contributed by atoms with E-state index in [1.165, 1.54) is 11.3 Å². The molecule has 1 heterocycles. The van der Waals surface area contributed by atoms with E-state index in [0.717, 1.165) is 15.6 Å². The van der Waals surface area contributed by atoms with Crippen molar-refractivity contribution in [3.63, 3.8) is 0 Å². The van der Waals surface area contributed by atoms with Gasteiger partial charge >= 0.3 is 0 Å². The summed E-state index contributed by atoms with van der Waals surface area (Å²) in [6.07, 6.45) is 0. The molecule has 2 rings (SSSR count). The Balaban J connectivity index is 2.22. The van der Waals surface area contributed by atoms with Crippen LogP contribution in [0.3, 0.4) is 0 Å². The van der Waals surface area contributed by atoms with Crippen LogP contribution in [0.2, 0.25) is 0 Å². The van der Waals surface area contributed by atoms with Crippen molar-refractivity contribution in [2.45, 2.75) is 6.92 Å². The molecule has 0 bridgehead atoms. The highest BCUT2D eigenvalue weighted by Gasteiger charge is 2.03. The molecule has 78 valence electrons. The SMILES string of the molecule is Cc1sc(N=Nc2ccccc2)cc1C#N. The summed E-state index contributed by atoms with van der Waals surface area (Å²) in [6, 6.07) is 13.4. The van der Waals surface area contributed by atoms with Gasteiger partial charge in [0.1, 0.15) is 11.1 Å². The fraction of sp³-hybridized carbons (Fsp3) is 0.0833. The molecule has 0 N–H and O–H groups in total. The molecule has 0 atom stereocenters. The number of hydrogen-bond acceptors (Lipinski definition) is 4. The number of azo groups is 1. The highest BCUT2D eigenvalue weighted by atomic mass is 32.1. The molecule has 0 aliphatic heterocycles. The minimum atomic E-state index is 0.673. The Morgan fingerprint density at radius 2 is 1.94 bits per heavy atom. The third-order valence-corrected chi connectivity index (χ3v) is 2.98. The van der Waals surface area contributed by atoms with Crippen molar-refractivity contribution < 1.29 is 0 Å². The summed E-state index contributed by atoms with van der Waals surface area (Å²) in [5.74, 6) is 0. The second-order valence-corrected chi connectivity index (χ2v) is 4.44. The molecule has 2 aromatic rings. The molecule has 4 heteroatoms. The highest BCUT2D eigenvalue weighted by molar-refractivity contribution is 7.15. The fourth-order valence-corrected chi connectivity index (χ4v) is 2.02. The molecule has 0 amide bonds. The van der Waals surface area contributed by atoms with Crippen molar-refractivity contribution >= 4 is 22.0 Å². The zero-order valence-corrected chi connectivity index (χ0v) is 9.53. The van der Waals surface area contributed by atoms with E-state index in [4.69, 9.17) is 5.26 Å². The molecule has 0 unspecified atom stereocenters. The Bertz CT molecular complexity index is 549. The monoisotopic (exact) mass is 227 g/mol. The average Bonchev–Trinajstić information content (AvgIpc) is 2.69. The largest absolute Gasteiger partial charge is 0.192 e. The molecule has 0 radical (unpaired) electrons. The van der Waals surface area contributed by atoms with Gasteiger partial charge in [0, 0.05) is 4.88 Å². The summed E-state index contributed by atoms with van der Waals surface area (Å²) in [5.41, 5.74) is 1.49. The van der Waals surface area contributed by atoms with Gasteiger partial charge in [-0.15, -0.1) is 21.6 Å². The second-order valence-electron chi connectivity index (χ2n) is 3.20. The minimum Gasteiger partial charge on any atom is -0.192 e. The van der Waals surface area contributed by atoms with Gasteiger partial charge in [-0.2, -0.15) is 5.26 Å². The van der Waals surface area contributed by atoms with Crippen molar-refractivity contribution in [2.24, 2.45) is 10.2 Å². The van der Waals surface area contributed by atoms with Crippen molar-refractivity contribution in [3.8, 4) is 6.07 Å². The Morgan fingerprint density at radius 1 is 1.19 bits per heavy atom. The first-order valence-corrected chi connectivity index (χ1v) is 5.58. The number of aryl methyl sites for hydroxylation is 1. The third-order valence-electron chi connectivity index (χ3n) is 2.05. The Morgan fingerprint density at radius 3 is 2.56 bits per heavy atom. The molecule has 0 fully saturated rings. The first-order chi connectivity index (χ1) is 7.79. The van der Waals surface area contributed by atoms with E-state index < -0.39 is 0 Å². The Hall–Kier alpha value is -1.99. The molecule has 0 aliphatic rings. The number of thiophene rings is 1. The van der Waals surface area contributed by atoms with Gasteiger partial charge in [0.25, 0.3) is 0 Å². The third kappa shape index (κ3) is 2.33. The van der Waals surface area contributed by atoms with E-state index in [1.54, 1.807) is 6.07 Å². The predicted octanol–water partition coefficient (Wildman–Crippen LogP) is 4.34. The van der Waals surface area contributed by atoms with Gasteiger partial charge in [0.2, 0.25) is 0 Å². The van der Waals surface area contributed by atoms with Crippen molar-refractivity contribution in [1.29, 1.82) is 5.26 Å². The van der Waals surface area contributed by atoms with Crippen molar-refractivity contribution in [1.82, 2.24) is 0 Å². The maximum Gasteiger partial charge on any atom is 0.140 e. The smallest absolute Gasteiger partial charge is 0.140 e. The van der Waals surface area contributed by atoms with Crippen LogP contribution in [0.15, 0.2) is 46.6 Å². The standard InChI is InChI=1S/C12H9N3S/c1-9-10(8-13)7-12(16-9)15-14-11-5-3-2-4-6-11/h2-7H,1H3. The highest BCUT2D eigenvalue weighted by Crippen LogP contribution is 2.29. The average molecular weight is 227 g/mol. The van der Waals surface area contributed by atoms with E-state index in [-0.39, 0.29) is 0 Å². The van der Waals surface area contributed by atoms with Gasteiger partial charge in [-0.3, -0.25) is 0 Å². The molecule has 0 saturated heterocycles. The van der Waals surface area contributed by atoms with Crippen LogP contribution in [0.4, 0.5) is 10.7 Å². The second kappa shape index (κ2) is 4.69. The van der Waals surface area contributed by atoms with Gasteiger partial charge < -0.3 is 0 Å². The first kappa shape index (κ1) is 10.5. The molecule has 3 nitrogen and oxygen atoms in total. The summed E-state index contributed by atoms with van der Waals surface area (Å²) >= 11 is 1.48. The van der Waals surface area contributed by atoms with Crippen LogP contribution >= 0.6 is 11.3 Å². The lowest BCUT2D eigenvalue weighted by Gasteiger charge is -1.88. The van der Waals surface area contributed by atoms with Crippen LogP contribution in [-0.2, 0) is 0 Å². The van der Waals surface area contributed by atoms with Gasteiger partial charge in [0.05, 0.1) is 11.3 Å². The summed E-state index contributed by atoms with van der Waals surface area (Å²) in [5, 5.41) is 17.8. The lowest BCUT2D eigenvalue weighted by Crippen LogP contribution is -1.66. The molecule has 1 aromatic carbocycles. The summed E-state index contributed by atoms with van der Waals surface area (Å²) < 4.78 is 0. The molecular weight excluding hydrogens is 218 g/mol. The van der Waals surface area contributed by atoms with Gasteiger partial charge in [0.15, 0.2) is 0 Å². The topological polar surface area (TPSA) is 48.5 Å². The van der Waals surface area contributed by atoms with Crippen LogP contribution in [0, 0.1) is 18.3 Å². The minimum absolute atomic E-state index is 0.673.